The van der Waals surface area contributed by atoms with Crippen molar-refractivity contribution < 1.29 is 4.74 Å². The molecule has 4 nitrogen and oxygen atoms in total. The lowest BCUT2D eigenvalue weighted by Crippen LogP contribution is -2.18. The Kier molecular flexibility index (Phi) is 6.61. The van der Waals surface area contributed by atoms with Crippen molar-refractivity contribution in [3.05, 3.63) is 23.8 Å². The van der Waals surface area contributed by atoms with Crippen LogP contribution in [0.3, 0.4) is 0 Å². The third-order valence-corrected chi connectivity index (χ3v) is 4.69. The summed E-state index contributed by atoms with van der Waals surface area (Å²) >= 11 is 2.01. The molecule has 1 aromatic heterocycles. The van der Waals surface area contributed by atoms with Crippen LogP contribution in [0, 0.1) is 0 Å². The van der Waals surface area contributed by atoms with Gasteiger partial charge in [-0.05, 0) is 12.8 Å². The Morgan fingerprint density at radius 1 is 1.32 bits per heavy atom. The smallest absolute Gasteiger partial charge is 0.138 e. The summed E-state index contributed by atoms with van der Waals surface area (Å²) in [5, 5.41) is 4.12. The molecule has 1 heterocycles. The number of methoxy groups -OCH3 is 1. The van der Waals surface area contributed by atoms with Gasteiger partial charge in [-0.2, -0.15) is 11.8 Å². The molecule has 0 amide bonds. The number of rotatable bonds is 8. The normalized spacial score (nSPS) is 16.1. The predicted molar refractivity (Wildman–Crippen MR) is 79.2 cm³/mol. The Balaban J connectivity index is 1.68. The van der Waals surface area contributed by atoms with E-state index in [0.29, 0.717) is 0 Å². The van der Waals surface area contributed by atoms with E-state index in [-0.39, 0.29) is 0 Å². The minimum atomic E-state index is 0.733. The van der Waals surface area contributed by atoms with Crippen LogP contribution < -0.4 is 5.32 Å². The summed E-state index contributed by atoms with van der Waals surface area (Å²) in [6, 6.07) is 0. The van der Waals surface area contributed by atoms with Crippen molar-refractivity contribution in [1.29, 1.82) is 0 Å². The Hall–Kier alpha value is -0.650. The molecule has 0 atom stereocenters. The summed E-state index contributed by atoms with van der Waals surface area (Å²) in [7, 11) is 1.71. The second-order valence-corrected chi connectivity index (χ2v) is 6.18. The zero-order valence-electron chi connectivity index (χ0n) is 11.6. The van der Waals surface area contributed by atoms with Crippen LogP contribution in [-0.2, 0) is 17.0 Å². The molecule has 2 rings (SSSR count). The maximum atomic E-state index is 4.98. The number of aromatic nitrogens is 2. The Labute approximate surface area is 119 Å². The van der Waals surface area contributed by atoms with Gasteiger partial charge in [0, 0.05) is 43.4 Å². The van der Waals surface area contributed by atoms with Gasteiger partial charge in [-0.25, -0.2) is 9.97 Å². The molecule has 5 heteroatoms. The summed E-state index contributed by atoms with van der Waals surface area (Å²) in [5.74, 6) is 1.90. The molecule has 19 heavy (non-hydrogen) atoms. The van der Waals surface area contributed by atoms with Crippen molar-refractivity contribution in [2.45, 2.75) is 43.2 Å². The lowest BCUT2D eigenvalue weighted by molar-refractivity contribution is 0.199. The van der Waals surface area contributed by atoms with E-state index in [1.165, 1.54) is 25.7 Å². The molecule has 0 aromatic carbocycles. The minimum absolute atomic E-state index is 0.733. The van der Waals surface area contributed by atoms with Gasteiger partial charge in [-0.15, -0.1) is 0 Å². The molecule has 1 fully saturated rings. The predicted octanol–water partition coefficient (Wildman–Crippen LogP) is 2.39. The van der Waals surface area contributed by atoms with Gasteiger partial charge >= 0.3 is 0 Å². The zero-order valence-corrected chi connectivity index (χ0v) is 12.4. The van der Waals surface area contributed by atoms with Gasteiger partial charge in [0.15, 0.2) is 0 Å². The number of thioether (sulfide) groups is 1. The monoisotopic (exact) mass is 281 g/mol. The van der Waals surface area contributed by atoms with E-state index in [2.05, 4.69) is 15.3 Å². The Morgan fingerprint density at radius 2 is 2.05 bits per heavy atom. The van der Waals surface area contributed by atoms with Crippen molar-refractivity contribution in [1.82, 2.24) is 15.3 Å². The molecular formula is C14H23N3OS. The molecule has 1 aromatic rings. The summed E-state index contributed by atoms with van der Waals surface area (Å²) in [4.78, 5) is 8.87. The molecule has 0 radical (unpaired) electrons. The molecule has 0 bridgehead atoms. The van der Waals surface area contributed by atoms with Crippen molar-refractivity contribution in [2.75, 3.05) is 20.3 Å². The van der Waals surface area contributed by atoms with Gasteiger partial charge in [0.25, 0.3) is 0 Å². The molecular weight excluding hydrogens is 258 g/mol. The SMILES string of the molecule is COCCNCc1cnc(CSC2CCCC2)nc1. The van der Waals surface area contributed by atoms with Crippen LogP contribution in [-0.4, -0.2) is 35.5 Å². The average molecular weight is 281 g/mol. The van der Waals surface area contributed by atoms with Gasteiger partial charge < -0.3 is 10.1 Å². The summed E-state index contributed by atoms with van der Waals surface area (Å²) in [6.07, 6.45) is 9.38. The van der Waals surface area contributed by atoms with E-state index in [9.17, 15) is 0 Å². The van der Waals surface area contributed by atoms with E-state index in [1.54, 1.807) is 7.11 Å². The van der Waals surface area contributed by atoms with Crippen LogP contribution in [0.1, 0.15) is 37.1 Å². The summed E-state index contributed by atoms with van der Waals surface area (Å²) in [6.45, 7) is 2.40. The van der Waals surface area contributed by atoms with E-state index in [4.69, 9.17) is 4.74 Å². The van der Waals surface area contributed by atoms with E-state index in [0.717, 1.165) is 42.1 Å². The van der Waals surface area contributed by atoms with Crippen LogP contribution in [0.25, 0.3) is 0 Å². The number of nitrogens with zero attached hydrogens (tertiary/aromatic N) is 2. The van der Waals surface area contributed by atoms with Crippen molar-refractivity contribution >= 4 is 11.8 Å². The fraction of sp³-hybridized carbons (Fsp3) is 0.714. The second-order valence-electron chi connectivity index (χ2n) is 4.89. The minimum Gasteiger partial charge on any atom is -0.383 e. The molecule has 0 saturated heterocycles. The average Bonchev–Trinajstić information content (AvgIpc) is 2.96. The van der Waals surface area contributed by atoms with Gasteiger partial charge in [0.1, 0.15) is 5.82 Å². The van der Waals surface area contributed by atoms with Crippen LogP contribution in [0.4, 0.5) is 0 Å². The largest absolute Gasteiger partial charge is 0.383 e. The molecule has 1 saturated carbocycles. The molecule has 1 N–H and O–H groups in total. The highest BCUT2D eigenvalue weighted by Gasteiger charge is 2.15. The van der Waals surface area contributed by atoms with Crippen molar-refractivity contribution in [3.8, 4) is 0 Å². The lowest BCUT2D eigenvalue weighted by atomic mass is 10.3. The number of nitrogens with one attached hydrogen (secondary N) is 1. The van der Waals surface area contributed by atoms with Crippen LogP contribution in [0.5, 0.6) is 0 Å². The highest BCUT2D eigenvalue weighted by Crippen LogP contribution is 2.30. The maximum Gasteiger partial charge on any atom is 0.138 e. The molecule has 0 spiro atoms. The maximum absolute atomic E-state index is 4.98. The first kappa shape index (κ1) is 14.8. The quantitative estimate of drug-likeness (QED) is 0.741. The molecule has 0 unspecified atom stereocenters. The van der Waals surface area contributed by atoms with Crippen LogP contribution in [0.15, 0.2) is 12.4 Å². The molecule has 0 aliphatic heterocycles. The van der Waals surface area contributed by atoms with Gasteiger partial charge in [-0.3, -0.25) is 0 Å². The van der Waals surface area contributed by atoms with Crippen molar-refractivity contribution in [3.63, 3.8) is 0 Å². The molecule has 106 valence electrons. The zero-order chi connectivity index (χ0) is 13.3. The topological polar surface area (TPSA) is 47.0 Å². The van der Waals surface area contributed by atoms with Crippen LogP contribution in [0.2, 0.25) is 0 Å². The number of ether oxygens (including phenoxy) is 1. The van der Waals surface area contributed by atoms with E-state index >= 15 is 0 Å². The van der Waals surface area contributed by atoms with Gasteiger partial charge in [0.05, 0.1) is 12.4 Å². The third-order valence-electron chi connectivity index (χ3n) is 3.32. The standard InChI is InChI=1S/C14H23N3OS/c1-18-7-6-15-8-12-9-16-14(17-10-12)11-19-13-4-2-3-5-13/h9-10,13,15H,2-8,11H2,1H3. The summed E-state index contributed by atoms with van der Waals surface area (Å²) < 4.78 is 4.98. The fourth-order valence-electron chi connectivity index (χ4n) is 2.20. The first-order chi connectivity index (χ1) is 9.38. The second kappa shape index (κ2) is 8.51. The van der Waals surface area contributed by atoms with Gasteiger partial charge in [-0.1, -0.05) is 12.8 Å². The van der Waals surface area contributed by atoms with Crippen LogP contribution >= 0.6 is 11.8 Å². The summed E-state index contributed by atoms with van der Waals surface area (Å²) in [5.41, 5.74) is 1.13. The Morgan fingerprint density at radius 3 is 2.74 bits per heavy atom. The number of hydrogen-bond donors (Lipinski definition) is 1. The highest BCUT2D eigenvalue weighted by atomic mass is 32.2. The molecule has 1 aliphatic rings. The Bertz CT molecular complexity index is 352. The van der Waals surface area contributed by atoms with E-state index in [1.807, 2.05) is 24.2 Å². The first-order valence-corrected chi connectivity index (χ1v) is 8.04. The molecule has 1 aliphatic carbocycles. The number of hydrogen-bond acceptors (Lipinski definition) is 5. The van der Waals surface area contributed by atoms with Crippen molar-refractivity contribution in [2.24, 2.45) is 0 Å². The third kappa shape index (κ3) is 5.47. The first-order valence-electron chi connectivity index (χ1n) is 6.99. The fourth-order valence-corrected chi connectivity index (χ4v) is 3.40. The highest BCUT2D eigenvalue weighted by molar-refractivity contribution is 7.99. The van der Waals surface area contributed by atoms with E-state index < -0.39 is 0 Å². The lowest BCUT2D eigenvalue weighted by Gasteiger charge is -2.08. The van der Waals surface area contributed by atoms with Gasteiger partial charge in [0.2, 0.25) is 0 Å².